The second-order valence-corrected chi connectivity index (χ2v) is 8.47. The fourth-order valence-corrected chi connectivity index (χ4v) is 4.56. The molecule has 1 aromatic rings. The van der Waals surface area contributed by atoms with Gasteiger partial charge in [0, 0.05) is 18.0 Å². The van der Waals surface area contributed by atoms with Crippen LogP contribution in [0.1, 0.15) is 51.0 Å². The Morgan fingerprint density at radius 2 is 1.86 bits per heavy atom. The number of hydrogen-bond donors (Lipinski definition) is 1. The number of sulfone groups is 1. The van der Waals surface area contributed by atoms with E-state index in [9.17, 15) is 8.42 Å². The van der Waals surface area contributed by atoms with Gasteiger partial charge in [-0.25, -0.2) is 8.42 Å². The van der Waals surface area contributed by atoms with E-state index in [4.69, 9.17) is 0 Å². The van der Waals surface area contributed by atoms with Crippen LogP contribution < -0.4 is 5.32 Å². The van der Waals surface area contributed by atoms with E-state index in [0.717, 1.165) is 31.4 Å². The first-order valence-electron chi connectivity index (χ1n) is 8.05. The molecule has 4 heteroatoms. The fraction of sp³-hybridized carbons (Fsp3) is 0.647. The van der Waals surface area contributed by atoms with Gasteiger partial charge in [0.15, 0.2) is 9.84 Å². The van der Waals surface area contributed by atoms with E-state index < -0.39 is 9.84 Å². The van der Waals surface area contributed by atoms with Crippen LogP contribution in [-0.4, -0.2) is 26.0 Å². The average molecular weight is 309 g/mol. The fourth-order valence-electron chi connectivity index (χ4n) is 3.16. The van der Waals surface area contributed by atoms with Crippen LogP contribution in [0.25, 0.3) is 0 Å². The number of aryl methyl sites for hydroxylation is 1. The van der Waals surface area contributed by atoms with Gasteiger partial charge in [-0.3, -0.25) is 0 Å². The van der Waals surface area contributed by atoms with Crippen molar-refractivity contribution in [1.29, 1.82) is 0 Å². The highest BCUT2D eigenvalue weighted by Crippen LogP contribution is 2.28. The molecule has 1 fully saturated rings. The van der Waals surface area contributed by atoms with Crippen molar-refractivity contribution < 1.29 is 8.42 Å². The van der Waals surface area contributed by atoms with Crippen LogP contribution in [0.2, 0.25) is 0 Å². The molecule has 21 heavy (non-hydrogen) atoms. The van der Waals surface area contributed by atoms with Crippen LogP contribution in [-0.2, 0) is 16.3 Å². The summed E-state index contributed by atoms with van der Waals surface area (Å²) in [5.74, 6) is 0. The van der Waals surface area contributed by atoms with Crippen molar-refractivity contribution in [3.05, 3.63) is 29.8 Å². The predicted octanol–water partition coefficient (Wildman–Crippen LogP) is 3.80. The van der Waals surface area contributed by atoms with Gasteiger partial charge in [0.25, 0.3) is 0 Å². The molecular formula is C17H27NO2S. The number of rotatable bonds is 7. The second-order valence-electron chi connectivity index (χ2n) is 6.20. The highest BCUT2D eigenvalue weighted by molar-refractivity contribution is 7.91. The molecule has 118 valence electrons. The van der Waals surface area contributed by atoms with Gasteiger partial charge in [0.05, 0.1) is 5.25 Å². The third kappa shape index (κ3) is 4.73. The van der Waals surface area contributed by atoms with Crippen molar-refractivity contribution in [1.82, 2.24) is 0 Å². The summed E-state index contributed by atoms with van der Waals surface area (Å²) < 4.78 is 23.6. The Morgan fingerprint density at radius 3 is 2.48 bits per heavy atom. The molecule has 1 aliphatic carbocycles. The van der Waals surface area contributed by atoms with Crippen molar-refractivity contribution in [2.75, 3.05) is 11.6 Å². The Kier molecular flexibility index (Phi) is 5.68. The molecule has 0 bridgehead atoms. The minimum absolute atomic E-state index is 0.0611. The molecule has 0 aromatic heterocycles. The highest BCUT2D eigenvalue weighted by Gasteiger charge is 2.34. The maximum atomic E-state index is 11.8. The van der Waals surface area contributed by atoms with Gasteiger partial charge >= 0.3 is 0 Å². The van der Waals surface area contributed by atoms with Crippen molar-refractivity contribution in [3.8, 4) is 0 Å². The summed E-state index contributed by atoms with van der Waals surface area (Å²) in [4.78, 5) is 0. The maximum absolute atomic E-state index is 11.8. The summed E-state index contributed by atoms with van der Waals surface area (Å²) in [6, 6.07) is 8.54. The van der Waals surface area contributed by atoms with Crippen molar-refractivity contribution >= 4 is 15.5 Å². The van der Waals surface area contributed by atoms with Crippen LogP contribution >= 0.6 is 0 Å². The SMILES string of the molecule is CCCCCc1ccc(NC2CCCC2S(C)(=O)=O)cc1. The Balaban J connectivity index is 1.94. The second kappa shape index (κ2) is 7.30. The summed E-state index contributed by atoms with van der Waals surface area (Å²) in [7, 11) is -2.96. The Bertz CT molecular complexity index is 536. The van der Waals surface area contributed by atoms with Gasteiger partial charge in [0.1, 0.15) is 0 Å². The quantitative estimate of drug-likeness (QED) is 0.779. The third-order valence-corrected chi connectivity index (χ3v) is 6.04. The minimum Gasteiger partial charge on any atom is -0.381 e. The number of anilines is 1. The molecule has 0 aliphatic heterocycles. The first-order valence-corrected chi connectivity index (χ1v) is 10.0. The standard InChI is InChI=1S/C17H27NO2S/c1-3-4-5-7-14-10-12-15(13-11-14)18-16-8-6-9-17(16)21(2,19)20/h10-13,16-18H,3-9H2,1-2H3. The lowest BCUT2D eigenvalue weighted by Gasteiger charge is -2.20. The summed E-state index contributed by atoms with van der Waals surface area (Å²) in [6.07, 6.45) is 8.96. The summed E-state index contributed by atoms with van der Waals surface area (Å²) in [5, 5.41) is 3.18. The average Bonchev–Trinajstić information content (AvgIpc) is 2.89. The molecule has 0 radical (unpaired) electrons. The molecule has 3 nitrogen and oxygen atoms in total. The summed E-state index contributed by atoms with van der Waals surface area (Å²) in [6.45, 7) is 2.22. The molecule has 1 saturated carbocycles. The topological polar surface area (TPSA) is 46.2 Å². The van der Waals surface area contributed by atoms with Crippen LogP contribution in [0, 0.1) is 0 Å². The molecule has 0 heterocycles. The summed E-state index contributed by atoms with van der Waals surface area (Å²) in [5.41, 5.74) is 2.40. The van der Waals surface area contributed by atoms with E-state index in [-0.39, 0.29) is 11.3 Å². The number of nitrogens with one attached hydrogen (secondary N) is 1. The van der Waals surface area contributed by atoms with Crippen LogP contribution in [0.4, 0.5) is 5.69 Å². The Hall–Kier alpha value is -1.03. The minimum atomic E-state index is -2.96. The molecule has 0 amide bonds. The number of hydrogen-bond acceptors (Lipinski definition) is 3. The molecule has 2 rings (SSSR count). The molecular weight excluding hydrogens is 282 g/mol. The van der Waals surface area contributed by atoms with E-state index >= 15 is 0 Å². The largest absolute Gasteiger partial charge is 0.381 e. The first kappa shape index (κ1) is 16.3. The lowest BCUT2D eigenvalue weighted by molar-refractivity contribution is 0.579. The van der Waals surface area contributed by atoms with Crippen LogP contribution in [0.3, 0.4) is 0 Å². The third-order valence-electron chi connectivity index (χ3n) is 4.38. The van der Waals surface area contributed by atoms with Crippen molar-refractivity contribution in [2.24, 2.45) is 0 Å². The summed E-state index contributed by atoms with van der Waals surface area (Å²) >= 11 is 0. The smallest absolute Gasteiger partial charge is 0.152 e. The monoisotopic (exact) mass is 309 g/mol. The normalized spacial score (nSPS) is 22.4. The van der Waals surface area contributed by atoms with E-state index in [0.29, 0.717) is 0 Å². The van der Waals surface area contributed by atoms with E-state index in [1.807, 2.05) is 0 Å². The number of unbranched alkanes of at least 4 members (excludes halogenated alkanes) is 2. The molecule has 1 aromatic carbocycles. The van der Waals surface area contributed by atoms with Gasteiger partial charge in [-0.15, -0.1) is 0 Å². The lowest BCUT2D eigenvalue weighted by atomic mass is 10.1. The van der Waals surface area contributed by atoms with Gasteiger partial charge in [-0.1, -0.05) is 31.9 Å². The van der Waals surface area contributed by atoms with Crippen molar-refractivity contribution in [2.45, 2.75) is 63.2 Å². The van der Waals surface area contributed by atoms with E-state index in [1.54, 1.807) is 0 Å². The Labute approximate surface area is 129 Å². The zero-order valence-corrected chi connectivity index (χ0v) is 14.0. The molecule has 2 unspecified atom stereocenters. The highest BCUT2D eigenvalue weighted by atomic mass is 32.2. The number of benzene rings is 1. The zero-order chi connectivity index (χ0) is 15.3. The molecule has 2 atom stereocenters. The first-order chi connectivity index (χ1) is 10.0. The van der Waals surface area contributed by atoms with Crippen LogP contribution in [0.15, 0.2) is 24.3 Å². The molecule has 0 spiro atoms. The van der Waals surface area contributed by atoms with Crippen LogP contribution in [0.5, 0.6) is 0 Å². The predicted molar refractivity (Wildman–Crippen MR) is 89.6 cm³/mol. The lowest BCUT2D eigenvalue weighted by Crippen LogP contribution is -2.34. The van der Waals surface area contributed by atoms with E-state index in [2.05, 4.69) is 36.5 Å². The molecule has 0 saturated heterocycles. The van der Waals surface area contributed by atoms with Gasteiger partial charge in [-0.05, 0) is 49.8 Å². The molecule has 1 aliphatic rings. The maximum Gasteiger partial charge on any atom is 0.152 e. The van der Waals surface area contributed by atoms with Gasteiger partial charge in [0.2, 0.25) is 0 Å². The van der Waals surface area contributed by atoms with Gasteiger partial charge < -0.3 is 5.32 Å². The van der Waals surface area contributed by atoms with Gasteiger partial charge in [-0.2, -0.15) is 0 Å². The zero-order valence-electron chi connectivity index (χ0n) is 13.1. The molecule has 1 N–H and O–H groups in total. The Morgan fingerprint density at radius 1 is 1.14 bits per heavy atom. The van der Waals surface area contributed by atoms with Crippen molar-refractivity contribution in [3.63, 3.8) is 0 Å². The van der Waals surface area contributed by atoms with E-state index in [1.165, 1.54) is 31.1 Å².